The number of nitrogens with zero attached hydrogens (tertiary/aromatic N) is 3. The predicted molar refractivity (Wildman–Crippen MR) is 99.2 cm³/mol. The van der Waals surface area contributed by atoms with Gasteiger partial charge in [0.2, 0.25) is 5.91 Å². The van der Waals surface area contributed by atoms with E-state index in [2.05, 4.69) is 10.2 Å². The van der Waals surface area contributed by atoms with Crippen molar-refractivity contribution in [3.05, 3.63) is 53.8 Å². The molecule has 3 heterocycles. The summed E-state index contributed by atoms with van der Waals surface area (Å²) in [6, 6.07) is 10.6. The van der Waals surface area contributed by atoms with E-state index in [1.54, 1.807) is 17.0 Å². The third-order valence-corrected chi connectivity index (χ3v) is 5.30. The summed E-state index contributed by atoms with van der Waals surface area (Å²) in [5, 5.41) is 8.08. The second kappa shape index (κ2) is 7.89. The van der Waals surface area contributed by atoms with Gasteiger partial charge in [-0.25, -0.2) is 4.79 Å². The largest absolute Gasteiger partial charge is 0.467 e. The van der Waals surface area contributed by atoms with Crippen molar-refractivity contribution in [3.63, 3.8) is 0 Å². The van der Waals surface area contributed by atoms with Gasteiger partial charge in [0.05, 0.1) is 19.1 Å². The molecule has 1 aromatic carbocycles. The van der Waals surface area contributed by atoms with Crippen LogP contribution in [0.4, 0.5) is 0 Å². The number of carbonyl (C=O) groups is 2. The van der Waals surface area contributed by atoms with Crippen molar-refractivity contribution in [2.75, 3.05) is 12.9 Å². The molecule has 8 nitrogen and oxygen atoms in total. The fourth-order valence-electron chi connectivity index (χ4n) is 3.11. The van der Waals surface area contributed by atoms with Gasteiger partial charge in [-0.2, -0.15) is 0 Å². The summed E-state index contributed by atoms with van der Waals surface area (Å²) in [4.78, 5) is 26.6. The zero-order valence-corrected chi connectivity index (χ0v) is 15.8. The molecule has 28 heavy (non-hydrogen) atoms. The Labute approximate surface area is 164 Å². The summed E-state index contributed by atoms with van der Waals surface area (Å²) in [6.45, 7) is 0.358. The van der Waals surface area contributed by atoms with E-state index < -0.39 is 12.0 Å². The minimum atomic E-state index is -0.644. The second-order valence-electron chi connectivity index (χ2n) is 6.17. The van der Waals surface area contributed by atoms with Crippen LogP contribution in [0.25, 0.3) is 11.7 Å². The minimum Gasteiger partial charge on any atom is -0.467 e. The Bertz CT molecular complexity index is 985. The molecule has 0 N–H and O–H groups in total. The van der Waals surface area contributed by atoms with Gasteiger partial charge < -0.3 is 18.5 Å². The van der Waals surface area contributed by atoms with Crippen molar-refractivity contribution in [1.82, 2.24) is 15.1 Å². The molecule has 0 unspecified atom stereocenters. The second-order valence-corrected chi connectivity index (χ2v) is 7.10. The molecule has 1 aliphatic heterocycles. The number of ether oxygens (including phenoxy) is 1. The molecular formula is C19H17N3O5S. The van der Waals surface area contributed by atoms with E-state index in [4.69, 9.17) is 13.6 Å². The summed E-state index contributed by atoms with van der Waals surface area (Å²) in [6.07, 6.45) is 1.94. The highest BCUT2D eigenvalue weighted by atomic mass is 32.2. The topological polar surface area (TPSA) is 98.7 Å². The van der Waals surface area contributed by atoms with E-state index in [-0.39, 0.29) is 22.8 Å². The maximum absolute atomic E-state index is 12.8. The van der Waals surface area contributed by atoms with Crippen molar-refractivity contribution in [3.8, 4) is 11.7 Å². The van der Waals surface area contributed by atoms with Gasteiger partial charge >= 0.3 is 5.97 Å². The predicted octanol–water partition coefficient (Wildman–Crippen LogP) is 2.55. The Balaban J connectivity index is 1.46. The van der Waals surface area contributed by atoms with Crippen LogP contribution >= 0.6 is 11.8 Å². The summed E-state index contributed by atoms with van der Waals surface area (Å²) in [7, 11) is 1.33. The number of carbonyl (C=O) groups excluding carboxylic acids is 2. The van der Waals surface area contributed by atoms with Gasteiger partial charge in [-0.3, -0.25) is 4.79 Å². The van der Waals surface area contributed by atoms with Crippen molar-refractivity contribution in [1.29, 1.82) is 0 Å². The zero-order chi connectivity index (χ0) is 19.5. The Morgan fingerprint density at radius 2 is 2.04 bits per heavy atom. The van der Waals surface area contributed by atoms with Gasteiger partial charge in [0.25, 0.3) is 11.1 Å². The van der Waals surface area contributed by atoms with E-state index in [0.717, 1.165) is 22.9 Å². The summed E-state index contributed by atoms with van der Waals surface area (Å²) < 4.78 is 15.6. The minimum absolute atomic E-state index is 0.0649. The van der Waals surface area contributed by atoms with Gasteiger partial charge in [0.15, 0.2) is 5.76 Å². The number of hydrogen-bond acceptors (Lipinski definition) is 8. The van der Waals surface area contributed by atoms with Crippen LogP contribution in [0.3, 0.4) is 0 Å². The molecule has 3 aromatic rings. The summed E-state index contributed by atoms with van der Waals surface area (Å²) in [5.74, 6) is 0.150. The van der Waals surface area contributed by atoms with E-state index in [0.29, 0.717) is 18.7 Å². The van der Waals surface area contributed by atoms with Gasteiger partial charge in [0.1, 0.15) is 6.04 Å². The first-order valence-electron chi connectivity index (χ1n) is 8.60. The normalized spacial score (nSPS) is 15.9. The number of hydrogen-bond donors (Lipinski definition) is 0. The molecule has 9 heteroatoms. The first-order valence-corrected chi connectivity index (χ1v) is 9.58. The van der Waals surface area contributed by atoms with Crippen LogP contribution in [-0.4, -0.2) is 45.9 Å². The van der Waals surface area contributed by atoms with Crippen molar-refractivity contribution in [2.45, 2.75) is 24.2 Å². The van der Waals surface area contributed by atoms with Crippen LogP contribution < -0.4 is 0 Å². The third-order valence-electron chi connectivity index (χ3n) is 4.50. The lowest BCUT2D eigenvalue weighted by Gasteiger charge is -2.35. The number of furan rings is 1. The monoisotopic (exact) mass is 399 g/mol. The van der Waals surface area contributed by atoms with E-state index in [1.807, 2.05) is 24.3 Å². The molecule has 1 amide bonds. The number of esters is 1. The average molecular weight is 399 g/mol. The number of methoxy groups -OCH3 is 1. The van der Waals surface area contributed by atoms with Crippen LogP contribution in [0.1, 0.15) is 11.1 Å². The molecule has 0 bridgehead atoms. The van der Waals surface area contributed by atoms with Gasteiger partial charge in [-0.1, -0.05) is 36.0 Å². The highest BCUT2D eigenvalue weighted by molar-refractivity contribution is 7.99. The van der Waals surface area contributed by atoms with Gasteiger partial charge in [-0.15, -0.1) is 10.2 Å². The van der Waals surface area contributed by atoms with Crippen molar-refractivity contribution < 1.29 is 23.2 Å². The number of aromatic nitrogens is 2. The Morgan fingerprint density at radius 3 is 2.79 bits per heavy atom. The molecule has 4 rings (SSSR count). The molecule has 0 saturated carbocycles. The van der Waals surface area contributed by atoms with Crippen LogP contribution in [-0.2, 0) is 27.3 Å². The third kappa shape index (κ3) is 3.65. The summed E-state index contributed by atoms with van der Waals surface area (Å²) >= 11 is 1.12. The molecular weight excluding hydrogens is 382 g/mol. The molecule has 0 spiro atoms. The molecule has 0 radical (unpaired) electrons. The maximum atomic E-state index is 12.8. The fourth-order valence-corrected chi connectivity index (χ4v) is 3.76. The lowest BCUT2D eigenvalue weighted by atomic mass is 9.94. The summed E-state index contributed by atoms with van der Waals surface area (Å²) in [5.41, 5.74) is 2.08. The van der Waals surface area contributed by atoms with Gasteiger partial charge in [0, 0.05) is 13.0 Å². The molecule has 2 aromatic heterocycles. The molecule has 0 saturated heterocycles. The Hall–Kier alpha value is -3.07. The zero-order valence-electron chi connectivity index (χ0n) is 15.0. The fraction of sp³-hybridized carbons (Fsp3) is 0.263. The first kappa shape index (κ1) is 18.3. The molecule has 1 atom stereocenters. The van der Waals surface area contributed by atoms with Crippen LogP contribution in [0, 0.1) is 0 Å². The number of fused-ring (bicyclic) bond motifs is 1. The molecule has 0 aliphatic carbocycles. The number of benzene rings is 1. The van der Waals surface area contributed by atoms with Crippen LogP contribution in [0.5, 0.6) is 0 Å². The van der Waals surface area contributed by atoms with E-state index in [1.165, 1.54) is 13.4 Å². The molecule has 0 fully saturated rings. The number of rotatable bonds is 5. The van der Waals surface area contributed by atoms with E-state index >= 15 is 0 Å². The Morgan fingerprint density at radius 1 is 1.21 bits per heavy atom. The van der Waals surface area contributed by atoms with Crippen molar-refractivity contribution in [2.24, 2.45) is 0 Å². The standard InChI is InChI=1S/C19H17N3O5S/c1-25-18(24)14-9-12-5-2-3-6-13(12)10-22(14)16(23)11-28-19-21-20-17(27-19)15-7-4-8-26-15/h2-8,14H,9-11H2,1H3/t14-/m0/s1. The average Bonchev–Trinajstić information content (AvgIpc) is 3.42. The SMILES string of the molecule is COC(=O)[C@@H]1Cc2ccccc2CN1C(=O)CSc1nnc(-c2ccco2)o1. The quantitative estimate of drug-likeness (QED) is 0.477. The number of amides is 1. The highest BCUT2D eigenvalue weighted by Gasteiger charge is 2.35. The Kier molecular flexibility index (Phi) is 5.16. The lowest BCUT2D eigenvalue weighted by Crippen LogP contribution is -2.49. The van der Waals surface area contributed by atoms with E-state index in [9.17, 15) is 9.59 Å². The highest BCUT2D eigenvalue weighted by Crippen LogP contribution is 2.27. The lowest BCUT2D eigenvalue weighted by molar-refractivity contribution is -0.153. The van der Waals surface area contributed by atoms with Gasteiger partial charge in [-0.05, 0) is 23.3 Å². The first-order chi connectivity index (χ1) is 13.7. The molecule has 144 valence electrons. The van der Waals surface area contributed by atoms with Crippen LogP contribution in [0.2, 0.25) is 0 Å². The molecule has 1 aliphatic rings. The number of thioether (sulfide) groups is 1. The van der Waals surface area contributed by atoms with Crippen LogP contribution in [0.15, 0.2) is 56.7 Å². The van der Waals surface area contributed by atoms with Crippen molar-refractivity contribution >= 4 is 23.6 Å². The maximum Gasteiger partial charge on any atom is 0.328 e. The smallest absolute Gasteiger partial charge is 0.328 e.